The number of hydrogen-bond acceptors (Lipinski definition) is 5. The summed E-state index contributed by atoms with van der Waals surface area (Å²) in [4.78, 5) is 22.4. The average Bonchev–Trinajstić information content (AvgIpc) is 3.04. The van der Waals surface area contributed by atoms with Gasteiger partial charge in [0.1, 0.15) is 12.1 Å². The van der Waals surface area contributed by atoms with E-state index in [1.165, 1.54) is 6.33 Å². The third kappa shape index (κ3) is 3.68. The average molecular weight is 324 g/mol. The SMILES string of the molecule is Cc1cc(NCCC(=O)N(C)Cc2ccccc2)n2ncnc2n1. The van der Waals surface area contributed by atoms with Crippen LogP contribution in [0.1, 0.15) is 17.7 Å². The number of carbonyl (C=O) groups is 1. The second-order valence-electron chi connectivity index (χ2n) is 5.67. The monoisotopic (exact) mass is 324 g/mol. The molecular formula is C17H20N6O. The summed E-state index contributed by atoms with van der Waals surface area (Å²) in [6.07, 6.45) is 1.87. The Morgan fingerprint density at radius 1 is 1.29 bits per heavy atom. The van der Waals surface area contributed by atoms with E-state index in [1.54, 1.807) is 9.42 Å². The Hall–Kier alpha value is -2.96. The fraction of sp³-hybridized carbons (Fsp3) is 0.294. The van der Waals surface area contributed by atoms with Crippen molar-refractivity contribution in [3.8, 4) is 0 Å². The van der Waals surface area contributed by atoms with Crippen LogP contribution in [0.3, 0.4) is 0 Å². The van der Waals surface area contributed by atoms with Gasteiger partial charge < -0.3 is 10.2 Å². The third-order valence-electron chi connectivity index (χ3n) is 3.71. The predicted molar refractivity (Wildman–Crippen MR) is 91.5 cm³/mol. The Labute approximate surface area is 140 Å². The normalized spacial score (nSPS) is 10.8. The van der Waals surface area contributed by atoms with Crippen molar-refractivity contribution in [3.05, 3.63) is 54.0 Å². The second kappa shape index (κ2) is 7.08. The highest BCUT2D eigenvalue weighted by molar-refractivity contribution is 5.76. The molecule has 1 amide bonds. The van der Waals surface area contributed by atoms with Gasteiger partial charge in [0, 0.05) is 38.3 Å². The fourth-order valence-corrected chi connectivity index (χ4v) is 2.49. The van der Waals surface area contributed by atoms with E-state index >= 15 is 0 Å². The molecule has 0 spiro atoms. The van der Waals surface area contributed by atoms with Crippen LogP contribution in [0, 0.1) is 6.92 Å². The molecule has 0 saturated heterocycles. The van der Waals surface area contributed by atoms with Gasteiger partial charge in [-0.05, 0) is 12.5 Å². The number of hydrogen-bond donors (Lipinski definition) is 1. The van der Waals surface area contributed by atoms with Crippen molar-refractivity contribution in [3.63, 3.8) is 0 Å². The fourth-order valence-electron chi connectivity index (χ4n) is 2.49. The molecule has 0 radical (unpaired) electrons. The predicted octanol–water partition coefficient (Wildman–Crippen LogP) is 1.89. The number of amides is 1. The van der Waals surface area contributed by atoms with Crippen molar-refractivity contribution >= 4 is 17.5 Å². The Morgan fingerprint density at radius 3 is 2.88 bits per heavy atom. The number of carbonyl (C=O) groups excluding carboxylic acids is 1. The molecule has 0 aliphatic rings. The maximum atomic E-state index is 12.3. The first-order chi connectivity index (χ1) is 11.6. The van der Waals surface area contributed by atoms with E-state index in [2.05, 4.69) is 20.4 Å². The number of aromatic nitrogens is 4. The molecule has 0 aliphatic heterocycles. The highest BCUT2D eigenvalue weighted by atomic mass is 16.2. The zero-order chi connectivity index (χ0) is 16.9. The molecule has 3 rings (SSSR count). The maximum Gasteiger partial charge on any atom is 0.254 e. The number of aryl methyl sites for hydroxylation is 1. The standard InChI is InChI=1S/C17H20N6O/c1-13-10-15(23-17(21-13)19-12-20-23)18-9-8-16(24)22(2)11-14-6-4-3-5-7-14/h3-7,10,12,18H,8-9,11H2,1-2H3. The van der Waals surface area contributed by atoms with Crippen LogP contribution in [0.5, 0.6) is 0 Å². The van der Waals surface area contributed by atoms with Crippen LogP contribution in [0.25, 0.3) is 5.78 Å². The maximum absolute atomic E-state index is 12.3. The van der Waals surface area contributed by atoms with Gasteiger partial charge in [0.15, 0.2) is 0 Å². The minimum absolute atomic E-state index is 0.0898. The number of anilines is 1. The van der Waals surface area contributed by atoms with Crippen LogP contribution in [0.4, 0.5) is 5.82 Å². The van der Waals surface area contributed by atoms with E-state index in [1.807, 2.05) is 50.4 Å². The van der Waals surface area contributed by atoms with Gasteiger partial charge in [-0.15, -0.1) is 0 Å². The van der Waals surface area contributed by atoms with E-state index in [9.17, 15) is 4.79 Å². The summed E-state index contributed by atoms with van der Waals surface area (Å²) in [6, 6.07) is 11.8. The van der Waals surface area contributed by atoms with Crippen LogP contribution in [-0.4, -0.2) is 44.0 Å². The van der Waals surface area contributed by atoms with E-state index < -0.39 is 0 Å². The Morgan fingerprint density at radius 2 is 2.08 bits per heavy atom. The number of nitrogens with one attached hydrogen (secondary N) is 1. The lowest BCUT2D eigenvalue weighted by atomic mass is 10.2. The summed E-state index contributed by atoms with van der Waals surface area (Å²) < 4.78 is 1.63. The highest BCUT2D eigenvalue weighted by Crippen LogP contribution is 2.10. The largest absolute Gasteiger partial charge is 0.369 e. The van der Waals surface area contributed by atoms with Crippen molar-refractivity contribution in [1.82, 2.24) is 24.5 Å². The molecule has 2 heterocycles. The molecule has 3 aromatic rings. The molecule has 7 nitrogen and oxygen atoms in total. The van der Waals surface area contributed by atoms with Crippen LogP contribution in [0.2, 0.25) is 0 Å². The lowest BCUT2D eigenvalue weighted by Crippen LogP contribution is -2.28. The summed E-state index contributed by atoms with van der Waals surface area (Å²) >= 11 is 0. The molecule has 2 aromatic heterocycles. The van der Waals surface area contributed by atoms with Gasteiger partial charge in [0.2, 0.25) is 5.91 Å². The van der Waals surface area contributed by atoms with Crippen LogP contribution >= 0.6 is 0 Å². The number of benzene rings is 1. The summed E-state index contributed by atoms with van der Waals surface area (Å²) in [5, 5.41) is 7.37. The topological polar surface area (TPSA) is 75.4 Å². The summed E-state index contributed by atoms with van der Waals surface area (Å²) in [7, 11) is 1.82. The van der Waals surface area contributed by atoms with Gasteiger partial charge in [0.25, 0.3) is 5.78 Å². The molecule has 0 bridgehead atoms. The van der Waals surface area contributed by atoms with E-state index in [-0.39, 0.29) is 5.91 Å². The quantitative estimate of drug-likeness (QED) is 0.749. The van der Waals surface area contributed by atoms with E-state index in [0.29, 0.717) is 25.3 Å². The Kier molecular flexibility index (Phi) is 4.69. The lowest BCUT2D eigenvalue weighted by Gasteiger charge is -2.17. The van der Waals surface area contributed by atoms with Gasteiger partial charge in [-0.25, -0.2) is 4.98 Å². The molecule has 0 saturated carbocycles. The van der Waals surface area contributed by atoms with Crippen molar-refractivity contribution in [2.45, 2.75) is 19.9 Å². The summed E-state index contributed by atoms with van der Waals surface area (Å²) in [5.74, 6) is 1.42. The highest BCUT2D eigenvalue weighted by Gasteiger charge is 2.10. The Balaban J connectivity index is 1.55. The van der Waals surface area contributed by atoms with Crippen molar-refractivity contribution in [1.29, 1.82) is 0 Å². The number of rotatable bonds is 6. The van der Waals surface area contributed by atoms with Gasteiger partial charge in [-0.2, -0.15) is 14.6 Å². The number of fused-ring (bicyclic) bond motifs is 1. The van der Waals surface area contributed by atoms with Gasteiger partial charge >= 0.3 is 0 Å². The first-order valence-electron chi connectivity index (χ1n) is 7.82. The minimum atomic E-state index is 0.0898. The Bertz CT molecular complexity index is 829. The van der Waals surface area contributed by atoms with Gasteiger partial charge in [-0.3, -0.25) is 4.79 Å². The lowest BCUT2D eigenvalue weighted by molar-refractivity contribution is -0.130. The van der Waals surface area contributed by atoms with E-state index in [4.69, 9.17) is 0 Å². The third-order valence-corrected chi connectivity index (χ3v) is 3.71. The number of nitrogens with zero attached hydrogens (tertiary/aromatic N) is 5. The van der Waals surface area contributed by atoms with E-state index in [0.717, 1.165) is 17.1 Å². The summed E-state index contributed by atoms with van der Waals surface area (Å²) in [6.45, 7) is 3.04. The smallest absolute Gasteiger partial charge is 0.254 e. The molecule has 24 heavy (non-hydrogen) atoms. The zero-order valence-corrected chi connectivity index (χ0v) is 13.8. The first-order valence-corrected chi connectivity index (χ1v) is 7.82. The molecule has 1 N–H and O–H groups in total. The molecule has 1 aromatic carbocycles. The van der Waals surface area contributed by atoms with Crippen LogP contribution < -0.4 is 5.32 Å². The zero-order valence-electron chi connectivity index (χ0n) is 13.8. The van der Waals surface area contributed by atoms with Crippen LogP contribution in [0.15, 0.2) is 42.7 Å². The molecule has 0 aliphatic carbocycles. The van der Waals surface area contributed by atoms with Crippen molar-refractivity contribution in [2.24, 2.45) is 0 Å². The van der Waals surface area contributed by atoms with Crippen molar-refractivity contribution < 1.29 is 4.79 Å². The molecule has 0 fully saturated rings. The van der Waals surface area contributed by atoms with Gasteiger partial charge in [0.05, 0.1) is 0 Å². The van der Waals surface area contributed by atoms with Gasteiger partial charge in [-0.1, -0.05) is 30.3 Å². The van der Waals surface area contributed by atoms with Crippen molar-refractivity contribution in [2.75, 3.05) is 18.9 Å². The molecular weight excluding hydrogens is 304 g/mol. The second-order valence-corrected chi connectivity index (χ2v) is 5.67. The molecule has 0 unspecified atom stereocenters. The molecule has 7 heteroatoms. The summed E-state index contributed by atoms with van der Waals surface area (Å²) in [5.41, 5.74) is 1.97. The minimum Gasteiger partial charge on any atom is -0.369 e. The van der Waals surface area contributed by atoms with Crippen LogP contribution in [-0.2, 0) is 11.3 Å². The first kappa shape index (κ1) is 15.9. The molecule has 124 valence electrons. The molecule has 0 atom stereocenters.